The molecule has 0 spiro atoms. The van der Waals surface area contributed by atoms with Crippen molar-refractivity contribution in [3.05, 3.63) is 12.7 Å². The monoisotopic (exact) mass is 239 g/mol. The van der Waals surface area contributed by atoms with Gasteiger partial charge < -0.3 is 0 Å². The minimum Gasteiger partial charge on any atom is -0.274 e. The van der Waals surface area contributed by atoms with Gasteiger partial charge in [-0.15, -0.1) is 23.6 Å². The molecule has 0 heterocycles. The molecule has 0 aromatic rings. The van der Waals surface area contributed by atoms with Crippen molar-refractivity contribution in [1.82, 2.24) is 5.23 Å². The molecule has 3 nitrogen and oxygen atoms in total. The van der Waals surface area contributed by atoms with Crippen molar-refractivity contribution < 1.29 is 9.68 Å². The van der Waals surface area contributed by atoms with E-state index in [0.717, 1.165) is 13.0 Å². The summed E-state index contributed by atoms with van der Waals surface area (Å²) in [7, 11) is 0. The molecule has 0 saturated carbocycles. The van der Waals surface area contributed by atoms with Gasteiger partial charge in [0.25, 0.3) is 0 Å². The highest BCUT2D eigenvalue weighted by molar-refractivity contribution is 8.93. The molecule has 0 fully saturated rings. The molecule has 0 rings (SSSR count). The minimum atomic E-state index is 0. The van der Waals surface area contributed by atoms with Crippen LogP contribution in [0.4, 0.5) is 0 Å². The van der Waals surface area contributed by atoms with E-state index in [1.54, 1.807) is 0 Å². The lowest BCUT2D eigenvalue weighted by Gasteiger charge is -2.18. The van der Waals surface area contributed by atoms with Crippen LogP contribution in [0.2, 0.25) is 0 Å². The van der Waals surface area contributed by atoms with E-state index in [9.17, 15) is 0 Å². The molecule has 0 N–H and O–H groups in total. The number of rotatable bonds is 7. The van der Waals surface area contributed by atoms with E-state index in [0.29, 0.717) is 13.2 Å². The first-order valence-electron chi connectivity index (χ1n) is 3.99. The molecule has 0 aliphatic heterocycles. The molecule has 0 aromatic heterocycles. The highest BCUT2D eigenvalue weighted by Crippen LogP contribution is 1.94. The highest BCUT2D eigenvalue weighted by Gasteiger charge is 2.00. The summed E-state index contributed by atoms with van der Waals surface area (Å²) in [5, 5.41) is 1.50. The average Bonchev–Trinajstić information content (AvgIpc) is 2.01. The molecule has 0 aliphatic rings. The normalized spacial score (nSPS) is 9.58. The van der Waals surface area contributed by atoms with Crippen molar-refractivity contribution in [3.63, 3.8) is 0 Å². The topological polar surface area (TPSA) is 21.7 Å². The molecule has 0 unspecified atom stereocenters. The lowest BCUT2D eigenvalue weighted by Crippen LogP contribution is -2.25. The zero-order valence-corrected chi connectivity index (χ0v) is 9.50. The Hall–Kier alpha value is 0.1000. The molecule has 0 atom stereocenters. The van der Waals surface area contributed by atoms with Gasteiger partial charge >= 0.3 is 0 Å². The third-order valence-corrected chi connectivity index (χ3v) is 1.06. The molecule has 74 valence electrons. The van der Waals surface area contributed by atoms with Crippen LogP contribution in [0, 0.1) is 0 Å². The van der Waals surface area contributed by atoms with E-state index < -0.39 is 0 Å². The van der Waals surface area contributed by atoms with Gasteiger partial charge in [-0.25, -0.2) is 0 Å². The predicted molar refractivity (Wildman–Crippen MR) is 55.1 cm³/mol. The molecule has 0 amide bonds. The van der Waals surface area contributed by atoms with Crippen LogP contribution < -0.4 is 0 Å². The molecular formula is C8H18BrNO2. The first-order valence-corrected chi connectivity index (χ1v) is 3.99. The fourth-order valence-corrected chi connectivity index (χ4v) is 0.651. The van der Waals surface area contributed by atoms with Crippen LogP contribution in [-0.4, -0.2) is 25.0 Å². The van der Waals surface area contributed by atoms with Crippen molar-refractivity contribution in [2.75, 3.05) is 19.8 Å². The summed E-state index contributed by atoms with van der Waals surface area (Å²) in [5.74, 6) is 0. The van der Waals surface area contributed by atoms with E-state index in [1.165, 1.54) is 5.23 Å². The Labute approximate surface area is 85.0 Å². The second-order valence-electron chi connectivity index (χ2n) is 1.97. The highest BCUT2D eigenvalue weighted by atomic mass is 79.9. The van der Waals surface area contributed by atoms with Crippen LogP contribution in [-0.2, 0) is 9.68 Å². The van der Waals surface area contributed by atoms with Gasteiger partial charge in [0.15, 0.2) is 0 Å². The first-order chi connectivity index (χ1) is 5.35. The number of hydroxylamine groups is 2. The van der Waals surface area contributed by atoms with Crippen molar-refractivity contribution in [3.8, 4) is 0 Å². The smallest absolute Gasteiger partial charge is 0.0683 e. The van der Waals surface area contributed by atoms with Crippen molar-refractivity contribution >= 4 is 17.0 Å². The zero-order valence-electron chi connectivity index (χ0n) is 7.78. The van der Waals surface area contributed by atoms with Crippen LogP contribution in [0.15, 0.2) is 12.7 Å². The molecule has 0 bridgehead atoms. The van der Waals surface area contributed by atoms with Crippen LogP contribution >= 0.6 is 17.0 Å². The number of halogens is 1. The standard InChI is InChI=1S/C8H17NO2.BrH/c1-4-7-8-9(10-5-2)11-6-3;/h4H,1,5-8H2,2-3H3;1H. The fourth-order valence-electron chi connectivity index (χ4n) is 0.651. The Kier molecular flexibility index (Phi) is 13.5. The summed E-state index contributed by atoms with van der Waals surface area (Å²) in [6, 6.07) is 0. The second-order valence-corrected chi connectivity index (χ2v) is 1.97. The maximum absolute atomic E-state index is 5.15. The maximum atomic E-state index is 5.15. The van der Waals surface area contributed by atoms with E-state index in [-0.39, 0.29) is 17.0 Å². The van der Waals surface area contributed by atoms with E-state index in [4.69, 9.17) is 9.68 Å². The van der Waals surface area contributed by atoms with Crippen molar-refractivity contribution in [2.45, 2.75) is 20.3 Å². The van der Waals surface area contributed by atoms with Gasteiger partial charge in [0.05, 0.1) is 19.8 Å². The molecule has 4 heteroatoms. The van der Waals surface area contributed by atoms with Crippen LogP contribution in [0.3, 0.4) is 0 Å². The van der Waals surface area contributed by atoms with Crippen molar-refractivity contribution in [1.29, 1.82) is 0 Å². The molecule has 0 aliphatic carbocycles. The fraction of sp³-hybridized carbons (Fsp3) is 0.750. The predicted octanol–water partition coefficient (Wildman–Crippen LogP) is 2.35. The first kappa shape index (κ1) is 14.6. The van der Waals surface area contributed by atoms with Gasteiger partial charge in [-0.1, -0.05) is 11.3 Å². The van der Waals surface area contributed by atoms with E-state index >= 15 is 0 Å². The zero-order chi connectivity index (χ0) is 8.53. The van der Waals surface area contributed by atoms with Gasteiger partial charge in [-0.3, -0.25) is 9.68 Å². The minimum absolute atomic E-state index is 0. The quantitative estimate of drug-likeness (QED) is 0.503. The van der Waals surface area contributed by atoms with E-state index in [2.05, 4.69) is 6.58 Å². The summed E-state index contributed by atoms with van der Waals surface area (Å²) in [6.45, 7) is 9.49. The van der Waals surface area contributed by atoms with Crippen LogP contribution in [0.5, 0.6) is 0 Å². The summed E-state index contributed by atoms with van der Waals surface area (Å²) in [6.07, 6.45) is 2.71. The van der Waals surface area contributed by atoms with Crippen molar-refractivity contribution in [2.24, 2.45) is 0 Å². The van der Waals surface area contributed by atoms with Gasteiger partial charge in [-0.05, 0) is 20.3 Å². The summed E-state index contributed by atoms with van der Waals surface area (Å²) in [5.41, 5.74) is 0. The Bertz CT molecular complexity index is 95.1. The molecule has 0 radical (unpaired) electrons. The molecule has 0 aromatic carbocycles. The maximum Gasteiger partial charge on any atom is 0.0683 e. The van der Waals surface area contributed by atoms with Crippen LogP contribution in [0.25, 0.3) is 0 Å². The second kappa shape index (κ2) is 11.1. The van der Waals surface area contributed by atoms with Gasteiger partial charge in [-0.2, -0.15) is 0 Å². The Morgan fingerprint density at radius 1 is 1.25 bits per heavy atom. The Balaban J connectivity index is 0. The van der Waals surface area contributed by atoms with E-state index in [1.807, 2.05) is 19.9 Å². The number of hydrogen-bond acceptors (Lipinski definition) is 3. The largest absolute Gasteiger partial charge is 0.274 e. The molecule has 0 saturated heterocycles. The number of nitrogens with zero attached hydrogens (tertiary/aromatic N) is 1. The van der Waals surface area contributed by atoms with Gasteiger partial charge in [0.2, 0.25) is 0 Å². The Morgan fingerprint density at radius 3 is 2.08 bits per heavy atom. The summed E-state index contributed by atoms with van der Waals surface area (Å²) in [4.78, 5) is 10.3. The van der Waals surface area contributed by atoms with Gasteiger partial charge in [0.1, 0.15) is 0 Å². The van der Waals surface area contributed by atoms with Crippen LogP contribution in [0.1, 0.15) is 20.3 Å². The molecule has 12 heavy (non-hydrogen) atoms. The number of hydrogen-bond donors (Lipinski definition) is 0. The third-order valence-electron chi connectivity index (χ3n) is 1.06. The summed E-state index contributed by atoms with van der Waals surface area (Å²) >= 11 is 0. The average molecular weight is 240 g/mol. The van der Waals surface area contributed by atoms with Gasteiger partial charge in [0, 0.05) is 0 Å². The lowest BCUT2D eigenvalue weighted by molar-refractivity contribution is -0.363. The Morgan fingerprint density at radius 2 is 1.75 bits per heavy atom. The lowest BCUT2D eigenvalue weighted by atomic mass is 10.4. The molecular weight excluding hydrogens is 222 g/mol. The third kappa shape index (κ3) is 8.20. The summed E-state index contributed by atoms with van der Waals surface area (Å²) < 4.78 is 0. The SMILES string of the molecule is Br.C=CCCN(OCC)OCC.